The van der Waals surface area contributed by atoms with Gasteiger partial charge >= 0.3 is 0 Å². The van der Waals surface area contributed by atoms with Crippen molar-refractivity contribution in [3.8, 4) is 5.82 Å². The summed E-state index contributed by atoms with van der Waals surface area (Å²) in [5.41, 5.74) is 6.71. The maximum Gasteiger partial charge on any atom is 0.161 e. The maximum absolute atomic E-state index is 5.78. The Morgan fingerprint density at radius 1 is 1.47 bits per heavy atom. The first-order chi connectivity index (χ1) is 7.22. The highest BCUT2D eigenvalue weighted by Crippen LogP contribution is 2.17. The van der Waals surface area contributed by atoms with Crippen molar-refractivity contribution in [1.82, 2.24) is 19.7 Å². The zero-order chi connectivity index (χ0) is 10.8. The van der Waals surface area contributed by atoms with Crippen LogP contribution in [0.4, 0.5) is 5.82 Å². The van der Waals surface area contributed by atoms with E-state index in [0.717, 1.165) is 21.4 Å². The zero-order valence-electron chi connectivity index (χ0n) is 8.18. The minimum absolute atomic E-state index is 0.521. The van der Waals surface area contributed by atoms with Crippen LogP contribution in [0.15, 0.2) is 18.7 Å². The molecule has 78 valence electrons. The molecule has 2 aromatic rings. The molecule has 0 fully saturated rings. The van der Waals surface area contributed by atoms with Gasteiger partial charge in [0.05, 0.1) is 9.77 Å². The van der Waals surface area contributed by atoms with Gasteiger partial charge < -0.3 is 5.73 Å². The summed E-state index contributed by atoms with van der Waals surface area (Å²) in [7, 11) is 0. The van der Waals surface area contributed by atoms with E-state index in [9.17, 15) is 0 Å². The number of aromatic nitrogens is 4. The van der Waals surface area contributed by atoms with E-state index in [1.807, 2.05) is 13.1 Å². The lowest BCUT2D eigenvalue weighted by Gasteiger charge is -2.07. The van der Waals surface area contributed by atoms with E-state index in [0.29, 0.717) is 5.82 Å². The summed E-state index contributed by atoms with van der Waals surface area (Å²) >= 11 is 2.20. The van der Waals surface area contributed by atoms with Crippen molar-refractivity contribution >= 4 is 28.4 Å². The highest BCUT2D eigenvalue weighted by molar-refractivity contribution is 14.1. The number of nitrogen functional groups attached to an aromatic ring is 1. The SMILES string of the molecule is CCc1c(N)ncnc1-n1cc(I)cn1. The van der Waals surface area contributed by atoms with E-state index in [-0.39, 0.29) is 0 Å². The van der Waals surface area contributed by atoms with E-state index < -0.39 is 0 Å². The normalized spacial score (nSPS) is 10.5. The third kappa shape index (κ3) is 1.94. The summed E-state index contributed by atoms with van der Waals surface area (Å²) < 4.78 is 2.78. The second-order valence-corrected chi connectivity index (χ2v) is 4.26. The van der Waals surface area contributed by atoms with Gasteiger partial charge in [-0.25, -0.2) is 14.6 Å². The first kappa shape index (κ1) is 10.3. The van der Waals surface area contributed by atoms with E-state index in [4.69, 9.17) is 5.73 Å². The molecule has 2 aromatic heterocycles. The topological polar surface area (TPSA) is 69.6 Å². The van der Waals surface area contributed by atoms with Gasteiger partial charge in [0.1, 0.15) is 12.1 Å². The molecule has 0 unspecified atom stereocenters. The molecular formula is C9H10IN5. The first-order valence-corrected chi connectivity index (χ1v) is 5.60. The van der Waals surface area contributed by atoms with Crippen LogP contribution >= 0.6 is 22.6 Å². The van der Waals surface area contributed by atoms with Crippen LogP contribution < -0.4 is 5.73 Å². The molecule has 0 aliphatic rings. The van der Waals surface area contributed by atoms with Crippen LogP contribution in [0.1, 0.15) is 12.5 Å². The van der Waals surface area contributed by atoms with Crippen LogP contribution in [0.25, 0.3) is 5.82 Å². The number of anilines is 1. The average Bonchev–Trinajstić information content (AvgIpc) is 2.64. The first-order valence-electron chi connectivity index (χ1n) is 4.52. The van der Waals surface area contributed by atoms with Crippen LogP contribution in [0.5, 0.6) is 0 Å². The predicted octanol–water partition coefficient (Wildman–Crippen LogP) is 1.41. The largest absolute Gasteiger partial charge is 0.383 e. The minimum Gasteiger partial charge on any atom is -0.383 e. The molecule has 5 nitrogen and oxygen atoms in total. The lowest BCUT2D eigenvalue weighted by molar-refractivity contribution is 0.820. The molecule has 0 spiro atoms. The second-order valence-electron chi connectivity index (χ2n) is 3.02. The van der Waals surface area contributed by atoms with Gasteiger partial charge in [-0.2, -0.15) is 5.10 Å². The van der Waals surface area contributed by atoms with E-state index in [1.54, 1.807) is 10.9 Å². The Labute approximate surface area is 101 Å². The summed E-state index contributed by atoms with van der Waals surface area (Å²) in [5, 5.41) is 4.20. The Balaban J connectivity index is 2.57. The maximum atomic E-state index is 5.78. The Morgan fingerprint density at radius 3 is 2.87 bits per heavy atom. The molecule has 15 heavy (non-hydrogen) atoms. The van der Waals surface area contributed by atoms with Crippen LogP contribution in [-0.4, -0.2) is 19.7 Å². The Hall–Kier alpha value is -1.18. The fraction of sp³-hybridized carbons (Fsp3) is 0.222. The molecule has 2 N–H and O–H groups in total. The lowest BCUT2D eigenvalue weighted by atomic mass is 10.2. The molecule has 0 atom stereocenters. The molecule has 0 saturated carbocycles. The summed E-state index contributed by atoms with van der Waals surface area (Å²) in [6, 6.07) is 0. The summed E-state index contributed by atoms with van der Waals surface area (Å²) in [5.74, 6) is 1.28. The van der Waals surface area contributed by atoms with Crippen LogP contribution in [-0.2, 0) is 6.42 Å². The molecule has 2 heterocycles. The third-order valence-corrected chi connectivity index (χ3v) is 2.63. The van der Waals surface area contributed by atoms with Crippen LogP contribution in [0.2, 0.25) is 0 Å². The Morgan fingerprint density at radius 2 is 2.27 bits per heavy atom. The summed E-state index contributed by atoms with van der Waals surface area (Å²) in [4.78, 5) is 8.17. The van der Waals surface area contributed by atoms with Crippen molar-refractivity contribution < 1.29 is 0 Å². The van der Waals surface area contributed by atoms with Crippen molar-refractivity contribution in [3.05, 3.63) is 27.9 Å². The average molecular weight is 315 g/mol. The molecule has 0 radical (unpaired) electrons. The van der Waals surface area contributed by atoms with Crippen molar-refractivity contribution in [2.24, 2.45) is 0 Å². The van der Waals surface area contributed by atoms with Gasteiger partial charge in [-0.15, -0.1) is 0 Å². The van der Waals surface area contributed by atoms with Gasteiger partial charge in [0.2, 0.25) is 0 Å². The number of hydrogen-bond acceptors (Lipinski definition) is 4. The van der Waals surface area contributed by atoms with Gasteiger partial charge in [0, 0.05) is 11.8 Å². The Bertz CT molecular complexity index is 479. The third-order valence-electron chi connectivity index (χ3n) is 2.08. The fourth-order valence-corrected chi connectivity index (χ4v) is 1.76. The van der Waals surface area contributed by atoms with Gasteiger partial charge in [-0.3, -0.25) is 0 Å². The van der Waals surface area contributed by atoms with Gasteiger partial charge in [0.15, 0.2) is 5.82 Å². The molecule has 0 aromatic carbocycles. The van der Waals surface area contributed by atoms with Crippen LogP contribution in [0, 0.1) is 3.57 Å². The molecular weight excluding hydrogens is 305 g/mol. The van der Waals surface area contributed by atoms with E-state index in [2.05, 4.69) is 37.7 Å². The molecule has 2 rings (SSSR count). The van der Waals surface area contributed by atoms with Gasteiger partial charge in [-0.1, -0.05) is 6.92 Å². The van der Waals surface area contributed by atoms with Gasteiger partial charge in [-0.05, 0) is 29.0 Å². The van der Waals surface area contributed by atoms with Crippen LogP contribution in [0.3, 0.4) is 0 Å². The predicted molar refractivity (Wildman–Crippen MR) is 65.7 cm³/mol. The van der Waals surface area contributed by atoms with Crippen molar-refractivity contribution in [2.75, 3.05) is 5.73 Å². The quantitative estimate of drug-likeness (QED) is 0.851. The number of hydrogen-bond donors (Lipinski definition) is 1. The summed E-state index contributed by atoms with van der Waals surface area (Å²) in [6.45, 7) is 2.02. The van der Waals surface area contributed by atoms with Crippen molar-refractivity contribution in [1.29, 1.82) is 0 Å². The number of nitrogens with zero attached hydrogens (tertiary/aromatic N) is 4. The molecule has 0 saturated heterocycles. The number of rotatable bonds is 2. The molecule has 0 bridgehead atoms. The summed E-state index contributed by atoms with van der Waals surface area (Å²) in [6.07, 6.45) is 5.93. The number of halogens is 1. The second kappa shape index (κ2) is 4.13. The zero-order valence-corrected chi connectivity index (χ0v) is 10.3. The fourth-order valence-electron chi connectivity index (χ4n) is 1.37. The number of nitrogens with two attached hydrogens (primary N) is 1. The van der Waals surface area contributed by atoms with Crippen molar-refractivity contribution in [3.63, 3.8) is 0 Å². The Kier molecular flexibility index (Phi) is 2.85. The van der Waals surface area contributed by atoms with E-state index >= 15 is 0 Å². The smallest absolute Gasteiger partial charge is 0.161 e. The monoisotopic (exact) mass is 315 g/mol. The molecule has 6 heteroatoms. The lowest BCUT2D eigenvalue weighted by Crippen LogP contribution is -2.07. The standard InChI is InChI=1S/C9H10IN5/c1-2-7-8(11)12-5-13-9(7)15-4-6(10)3-14-15/h3-5H,2H2,1H3,(H2,11,12,13). The highest BCUT2D eigenvalue weighted by Gasteiger charge is 2.09. The molecule has 0 amide bonds. The molecule has 0 aliphatic heterocycles. The van der Waals surface area contributed by atoms with E-state index in [1.165, 1.54) is 6.33 Å². The highest BCUT2D eigenvalue weighted by atomic mass is 127. The van der Waals surface area contributed by atoms with Crippen molar-refractivity contribution in [2.45, 2.75) is 13.3 Å². The molecule has 0 aliphatic carbocycles. The minimum atomic E-state index is 0.521. The van der Waals surface area contributed by atoms with Gasteiger partial charge in [0.25, 0.3) is 0 Å².